The average molecular weight is 401 g/mol. The summed E-state index contributed by atoms with van der Waals surface area (Å²) in [6.45, 7) is 0. The minimum absolute atomic E-state index is 0.0211. The van der Waals surface area contributed by atoms with Crippen molar-refractivity contribution in [3.8, 4) is 5.75 Å². The van der Waals surface area contributed by atoms with Crippen LogP contribution in [0.4, 0.5) is 26.3 Å². The number of halogens is 7. The third-order valence-electron chi connectivity index (χ3n) is 1.70. The Balaban J connectivity index is 3.51. The van der Waals surface area contributed by atoms with Crippen LogP contribution in [0.15, 0.2) is 6.20 Å². The fraction of sp³-hybridized carbons (Fsp3) is 0.250. The molecule has 0 amide bonds. The van der Waals surface area contributed by atoms with Gasteiger partial charge in [-0.3, -0.25) is 0 Å². The molecule has 1 rings (SSSR count). The lowest BCUT2D eigenvalue weighted by Crippen LogP contribution is -2.22. The average Bonchev–Trinajstić information content (AvgIpc) is 2.16. The summed E-state index contributed by atoms with van der Waals surface area (Å²) >= 11 is 0.993. The monoisotopic (exact) mass is 401 g/mol. The Kier molecular flexibility index (Phi) is 4.17. The second kappa shape index (κ2) is 5.02. The molecule has 0 saturated carbocycles. The molecule has 0 aliphatic carbocycles. The molecule has 1 aromatic rings. The van der Waals surface area contributed by atoms with E-state index in [1.165, 1.54) is 0 Å². The maximum atomic E-state index is 12.5. The van der Waals surface area contributed by atoms with Gasteiger partial charge in [0, 0.05) is 6.20 Å². The van der Waals surface area contributed by atoms with Crippen molar-refractivity contribution in [1.82, 2.24) is 4.98 Å². The van der Waals surface area contributed by atoms with Crippen LogP contribution < -0.4 is 4.74 Å². The van der Waals surface area contributed by atoms with Crippen molar-refractivity contribution < 1.29 is 41.0 Å². The molecule has 0 radical (unpaired) electrons. The molecule has 1 N–H and O–H groups in total. The largest absolute Gasteiger partial charge is 0.573 e. The Labute approximate surface area is 114 Å². The van der Waals surface area contributed by atoms with E-state index in [0.717, 1.165) is 22.6 Å². The quantitative estimate of drug-likeness (QED) is 0.611. The van der Waals surface area contributed by atoms with Crippen LogP contribution in [0.1, 0.15) is 16.1 Å². The smallest absolute Gasteiger partial charge is 0.476 e. The fourth-order valence-corrected chi connectivity index (χ4v) is 1.81. The Bertz CT molecular complexity index is 512. The number of pyridine rings is 1. The van der Waals surface area contributed by atoms with E-state index in [-0.39, 0.29) is 6.20 Å². The number of carboxylic acids is 1. The molecule has 4 nitrogen and oxygen atoms in total. The standard InChI is InChI=1S/C8H2F6INO3/c9-7(10,11)2-1-16-4(6(17)18)3(15)5(2)19-8(12,13)14/h1H,(H,17,18). The van der Waals surface area contributed by atoms with Gasteiger partial charge < -0.3 is 9.84 Å². The van der Waals surface area contributed by atoms with Crippen LogP contribution in [-0.2, 0) is 6.18 Å². The van der Waals surface area contributed by atoms with Crippen LogP contribution in [0.5, 0.6) is 5.75 Å². The van der Waals surface area contributed by atoms with Crippen molar-refractivity contribution in [3.05, 3.63) is 21.0 Å². The Morgan fingerprint density at radius 3 is 2.16 bits per heavy atom. The van der Waals surface area contributed by atoms with Gasteiger partial charge in [0.1, 0.15) is 5.56 Å². The third kappa shape index (κ3) is 3.84. The second-order valence-corrected chi connectivity index (χ2v) is 4.09. The number of rotatable bonds is 2. The van der Waals surface area contributed by atoms with E-state index in [0.29, 0.717) is 0 Å². The van der Waals surface area contributed by atoms with E-state index in [2.05, 4.69) is 9.72 Å². The van der Waals surface area contributed by atoms with Gasteiger partial charge in [0.05, 0.1) is 3.57 Å². The van der Waals surface area contributed by atoms with Gasteiger partial charge in [-0.2, -0.15) is 13.2 Å². The molecule has 0 fully saturated rings. The van der Waals surface area contributed by atoms with Crippen LogP contribution in [0.25, 0.3) is 0 Å². The topological polar surface area (TPSA) is 59.4 Å². The number of carboxylic acid groups (broad SMARTS) is 1. The van der Waals surface area contributed by atoms with E-state index >= 15 is 0 Å². The van der Waals surface area contributed by atoms with Gasteiger partial charge >= 0.3 is 18.5 Å². The molecule has 0 aromatic carbocycles. The van der Waals surface area contributed by atoms with E-state index in [1.807, 2.05) is 0 Å². The zero-order valence-electron chi connectivity index (χ0n) is 8.43. The van der Waals surface area contributed by atoms with Crippen molar-refractivity contribution >= 4 is 28.6 Å². The molecule has 0 aliphatic rings. The van der Waals surface area contributed by atoms with E-state index in [1.54, 1.807) is 0 Å². The van der Waals surface area contributed by atoms with Crippen LogP contribution >= 0.6 is 22.6 Å². The first-order valence-corrected chi connectivity index (χ1v) is 5.26. The van der Waals surface area contributed by atoms with Crippen molar-refractivity contribution in [1.29, 1.82) is 0 Å². The lowest BCUT2D eigenvalue weighted by molar-refractivity contribution is -0.276. The van der Waals surface area contributed by atoms with Crippen molar-refractivity contribution in [2.24, 2.45) is 0 Å². The number of hydrogen-bond acceptors (Lipinski definition) is 3. The summed E-state index contributed by atoms with van der Waals surface area (Å²) in [5.74, 6) is -3.40. The summed E-state index contributed by atoms with van der Waals surface area (Å²) < 4.78 is 76.0. The summed E-state index contributed by atoms with van der Waals surface area (Å²) in [4.78, 5) is 13.6. The molecule has 0 aliphatic heterocycles. The van der Waals surface area contributed by atoms with Gasteiger partial charge in [-0.05, 0) is 22.6 Å². The summed E-state index contributed by atoms with van der Waals surface area (Å²) in [7, 11) is 0. The first kappa shape index (κ1) is 15.8. The van der Waals surface area contributed by atoms with Gasteiger partial charge in [0.2, 0.25) is 0 Å². The lowest BCUT2D eigenvalue weighted by atomic mass is 10.2. The molecule has 106 valence electrons. The molecule has 0 saturated heterocycles. The first-order valence-electron chi connectivity index (χ1n) is 4.18. The number of alkyl halides is 6. The number of carbonyl (C=O) groups is 1. The number of aromatic nitrogens is 1. The van der Waals surface area contributed by atoms with E-state index in [9.17, 15) is 31.1 Å². The van der Waals surface area contributed by atoms with Crippen molar-refractivity contribution in [2.75, 3.05) is 0 Å². The van der Waals surface area contributed by atoms with E-state index < -0.39 is 39.1 Å². The second-order valence-electron chi connectivity index (χ2n) is 3.01. The minimum atomic E-state index is -5.39. The highest BCUT2D eigenvalue weighted by Gasteiger charge is 2.42. The molecule has 1 aromatic heterocycles. The normalized spacial score (nSPS) is 12.4. The Morgan fingerprint density at radius 1 is 1.26 bits per heavy atom. The van der Waals surface area contributed by atoms with Gasteiger partial charge in [0.25, 0.3) is 0 Å². The zero-order chi connectivity index (χ0) is 15.0. The van der Waals surface area contributed by atoms with Crippen molar-refractivity contribution in [2.45, 2.75) is 12.5 Å². The number of hydrogen-bond donors (Lipinski definition) is 1. The molecule has 0 bridgehead atoms. The molecular weight excluding hydrogens is 399 g/mol. The SMILES string of the molecule is O=C(O)c1ncc(C(F)(F)F)c(OC(F)(F)F)c1I. The first-order chi connectivity index (χ1) is 8.43. The third-order valence-corrected chi connectivity index (χ3v) is 2.70. The minimum Gasteiger partial charge on any atom is -0.476 e. The number of ether oxygens (including phenoxy) is 1. The summed E-state index contributed by atoms with van der Waals surface area (Å²) in [5.41, 5.74) is -2.77. The summed E-state index contributed by atoms with van der Waals surface area (Å²) in [6.07, 6.45) is -10.6. The Hall–Kier alpha value is -1.27. The highest BCUT2D eigenvalue weighted by molar-refractivity contribution is 14.1. The summed E-state index contributed by atoms with van der Waals surface area (Å²) in [6, 6.07) is 0. The van der Waals surface area contributed by atoms with Crippen LogP contribution in [0.2, 0.25) is 0 Å². The van der Waals surface area contributed by atoms with Gasteiger partial charge in [-0.15, -0.1) is 13.2 Å². The summed E-state index contributed by atoms with van der Waals surface area (Å²) in [5, 5.41) is 8.60. The molecule has 1 heterocycles. The molecule has 0 unspecified atom stereocenters. The molecule has 0 spiro atoms. The highest BCUT2D eigenvalue weighted by atomic mass is 127. The highest BCUT2D eigenvalue weighted by Crippen LogP contribution is 2.41. The van der Waals surface area contributed by atoms with E-state index in [4.69, 9.17) is 5.11 Å². The maximum absolute atomic E-state index is 12.5. The number of nitrogens with zero attached hydrogens (tertiary/aromatic N) is 1. The van der Waals surface area contributed by atoms with Gasteiger partial charge in [-0.1, -0.05) is 0 Å². The predicted molar refractivity (Wildman–Crippen MR) is 55.6 cm³/mol. The Morgan fingerprint density at radius 2 is 1.79 bits per heavy atom. The van der Waals surface area contributed by atoms with Crippen LogP contribution in [-0.4, -0.2) is 22.4 Å². The predicted octanol–water partition coefficient (Wildman–Crippen LogP) is 3.30. The molecule has 19 heavy (non-hydrogen) atoms. The number of aromatic carboxylic acids is 1. The maximum Gasteiger partial charge on any atom is 0.573 e. The van der Waals surface area contributed by atoms with Gasteiger partial charge in [0.15, 0.2) is 11.4 Å². The van der Waals surface area contributed by atoms with Crippen LogP contribution in [0.3, 0.4) is 0 Å². The fourth-order valence-electron chi connectivity index (χ4n) is 1.04. The van der Waals surface area contributed by atoms with Crippen LogP contribution in [0, 0.1) is 3.57 Å². The molecular formula is C8H2F6INO3. The zero-order valence-corrected chi connectivity index (χ0v) is 10.6. The lowest BCUT2D eigenvalue weighted by Gasteiger charge is -2.17. The van der Waals surface area contributed by atoms with Crippen molar-refractivity contribution in [3.63, 3.8) is 0 Å². The molecule has 0 atom stereocenters. The van der Waals surface area contributed by atoms with Gasteiger partial charge in [-0.25, -0.2) is 9.78 Å². The molecule has 11 heteroatoms.